The topological polar surface area (TPSA) is 61.8 Å². The first-order chi connectivity index (χ1) is 8.56. The zero-order valence-electron chi connectivity index (χ0n) is 10.9. The van der Waals surface area contributed by atoms with Gasteiger partial charge in [-0.05, 0) is 36.7 Å². The molecule has 0 amide bonds. The van der Waals surface area contributed by atoms with Gasteiger partial charge in [-0.25, -0.2) is 4.39 Å². The summed E-state index contributed by atoms with van der Waals surface area (Å²) in [6.07, 6.45) is 0.499. The summed E-state index contributed by atoms with van der Waals surface area (Å²) in [6.45, 7) is 6.17. The summed E-state index contributed by atoms with van der Waals surface area (Å²) in [5.41, 5.74) is 7.47. The molecule has 0 radical (unpaired) electrons. The number of benzene rings is 1. The first-order valence-electron chi connectivity index (χ1n) is 6.00. The van der Waals surface area contributed by atoms with Gasteiger partial charge in [-0.2, -0.15) is 0 Å². The molecule has 0 aliphatic rings. The Morgan fingerprint density at radius 2 is 2.22 bits per heavy atom. The molecule has 0 atom stereocenters. The molecule has 0 unspecified atom stereocenters. The number of rotatable bonds is 6. The van der Waals surface area contributed by atoms with Crippen molar-refractivity contribution in [3.63, 3.8) is 0 Å². The largest absolute Gasteiger partial charge is 0.409 e. The van der Waals surface area contributed by atoms with Gasteiger partial charge in [-0.3, -0.25) is 4.90 Å². The Kier molecular flexibility index (Phi) is 5.58. The lowest BCUT2D eigenvalue weighted by Crippen LogP contribution is -2.28. The second-order valence-electron chi connectivity index (χ2n) is 4.28. The lowest BCUT2D eigenvalue weighted by Gasteiger charge is -2.21. The van der Waals surface area contributed by atoms with Crippen molar-refractivity contribution in [2.24, 2.45) is 10.9 Å². The van der Waals surface area contributed by atoms with Crippen molar-refractivity contribution in [2.75, 3.05) is 13.1 Å². The molecule has 4 nitrogen and oxygen atoms in total. The number of hydrogen-bond acceptors (Lipinski definition) is 3. The van der Waals surface area contributed by atoms with E-state index in [1.807, 2.05) is 13.8 Å². The van der Waals surface area contributed by atoms with E-state index in [2.05, 4.69) is 10.1 Å². The maximum atomic E-state index is 13.2. The number of oxime groups is 1. The van der Waals surface area contributed by atoms with Crippen LogP contribution in [0.25, 0.3) is 0 Å². The van der Waals surface area contributed by atoms with Crippen molar-refractivity contribution in [2.45, 2.75) is 26.8 Å². The van der Waals surface area contributed by atoms with Crippen molar-refractivity contribution in [3.8, 4) is 0 Å². The number of halogens is 1. The maximum absolute atomic E-state index is 13.2. The van der Waals surface area contributed by atoms with Gasteiger partial charge in [0.15, 0.2) is 0 Å². The van der Waals surface area contributed by atoms with Crippen molar-refractivity contribution in [1.29, 1.82) is 0 Å². The van der Waals surface area contributed by atoms with Crippen LogP contribution in [-0.4, -0.2) is 29.0 Å². The van der Waals surface area contributed by atoms with Crippen LogP contribution in [0.2, 0.25) is 0 Å². The lowest BCUT2D eigenvalue weighted by molar-refractivity contribution is 0.282. The van der Waals surface area contributed by atoms with Crippen molar-refractivity contribution < 1.29 is 9.60 Å². The standard InChI is InChI=1S/C13H20FN3O/c1-3-17(7-6-13(15)16-18)9-11-8-12(14)5-4-10(11)2/h4-5,8,18H,3,6-7,9H2,1-2H3,(H2,15,16). The fourth-order valence-corrected chi connectivity index (χ4v) is 1.72. The van der Waals surface area contributed by atoms with Gasteiger partial charge in [0.25, 0.3) is 0 Å². The smallest absolute Gasteiger partial charge is 0.140 e. The molecular weight excluding hydrogens is 233 g/mol. The third-order valence-corrected chi connectivity index (χ3v) is 2.96. The monoisotopic (exact) mass is 253 g/mol. The molecule has 100 valence electrons. The molecule has 5 heteroatoms. The minimum absolute atomic E-state index is 0.212. The van der Waals surface area contributed by atoms with E-state index in [-0.39, 0.29) is 11.7 Å². The van der Waals surface area contributed by atoms with Crippen LogP contribution in [-0.2, 0) is 6.54 Å². The molecule has 3 N–H and O–H groups in total. The number of nitrogens with two attached hydrogens (primary N) is 1. The minimum Gasteiger partial charge on any atom is -0.409 e. The van der Waals surface area contributed by atoms with Crippen molar-refractivity contribution in [1.82, 2.24) is 4.90 Å². The molecule has 0 aromatic heterocycles. The van der Waals surface area contributed by atoms with Crippen LogP contribution in [0.3, 0.4) is 0 Å². The van der Waals surface area contributed by atoms with Crippen molar-refractivity contribution >= 4 is 5.84 Å². The SMILES string of the molecule is CCN(CC/C(N)=N/O)Cc1cc(F)ccc1C. The summed E-state index contributed by atoms with van der Waals surface area (Å²) in [6, 6.07) is 4.80. The highest BCUT2D eigenvalue weighted by Gasteiger charge is 2.08. The van der Waals surface area contributed by atoms with E-state index < -0.39 is 0 Å². The van der Waals surface area contributed by atoms with Crippen LogP contribution in [0.15, 0.2) is 23.4 Å². The second-order valence-corrected chi connectivity index (χ2v) is 4.28. The first kappa shape index (κ1) is 14.4. The van der Waals surface area contributed by atoms with Crippen LogP contribution in [0, 0.1) is 12.7 Å². The average Bonchev–Trinajstić information content (AvgIpc) is 2.37. The Morgan fingerprint density at radius 1 is 1.50 bits per heavy atom. The van der Waals surface area contributed by atoms with Gasteiger partial charge in [0.1, 0.15) is 11.7 Å². The molecule has 0 aliphatic heterocycles. The third-order valence-electron chi connectivity index (χ3n) is 2.96. The van der Waals surface area contributed by atoms with E-state index in [0.717, 1.165) is 17.7 Å². The molecule has 0 saturated carbocycles. The van der Waals surface area contributed by atoms with E-state index >= 15 is 0 Å². The van der Waals surface area contributed by atoms with E-state index in [4.69, 9.17) is 10.9 Å². The Bertz CT molecular complexity index is 421. The average molecular weight is 253 g/mol. The van der Waals surface area contributed by atoms with Gasteiger partial charge in [-0.1, -0.05) is 18.1 Å². The van der Waals surface area contributed by atoms with Crippen LogP contribution < -0.4 is 5.73 Å². The summed E-state index contributed by atoms with van der Waals surface area (Å²) in [7, 11) is 0. The van der Waals surface area contributed by atoms with Gasteiger partial charge in [0.2, 0.25) is 0 Å². The summed E-state index contributed by atoms with van der Waals surface area (Å²) in [5.74, 6) is -0.00694. The predicted molar refractivity (Wildman–Crippen MR) is 70.1 cm³/mol. The summed E-state index contributed by atoms with van der Waals surface area (Å²) in [5, 5.41) is 11.4. The fourth-order valence-electron chi connectivity index (χ4n) is 1.72. The third kappa shape index (κ3) is 4.33. The van der Waals surface area contributed by atoms with Crippen molar-refractivity contribution in [3.05, 3.63) is 35.1 Å². The van der Waals surface area contributed by atoms with Crippen LogP contribution >= 0.6 is 0 Å². The fraction of sp³-hybridized carbons (Fsp3) is 0.462. The van der Waals surface area contributed by atoms with Crippen LogP contribution in [0.4, 0.5) is 4.39 Å². The zero-order chi connectivity index (χ0) is 13.5. The Hall–Kier alpha value is -1.62. The second kappa shape index (κ2) is 6.96. The van der Waals surface area contributed by atoms with E-state index in [1.165, 1.54) is 6.07 Å². The molecule has 1 aromatic carbocycles. The highest BCUT2D eigenvalue weighted by atomic mass is 19.1. The molecule has 18 heavy (non-hydrogen) atoms. The number of aryl methyl sites for hydroxylation is 1. The number of nitrogens with zero attached hydrogens (tertiary/aromatic N) is 2. The van der Waals surface area contributed by atoms with E-state index in [1.54, 1.807) is 12.1 Å². The Balaban J connectivity index is 2.65. The molecular formula is C13H20FN3O. The van der Waals surface area contributed by atoms with Crippen LogP contribution in [0.1, 0.15) is 24.5 Å². The predicted octanol–water partition coefficient (Wildman–Crippen LogP) is 2.09. The lowest BCUT2D eigenvalue weighted by atomic mass is 10.1. The zero-order valence-corrected chi connectivity index (χ0v) is 10.9. The Labute approximate surface area is 107 Å². The maximum Gasteiger partial charge on any atom is 0.140 e. The number of amidine groups is 1. The number of hydrogen-bond donors (Lipinski definition) is 2. The molecule has 0 bridgehead atoms. The summed E-state index contributed by atoms with van der Waals surface area (Å²) in [4.78, 5) is 2.12. The van der Waals surface area contributed by atoms with Gasteiger partial charge in [0, 0.05) is 19.5 Å². The van der Waals surface area contributed by atoms with Gasteiger partial charge in [-0.15, -0.1) is 0 Å². The Morgan fingerprint density at radius 3 is 2.83 bits per heavy atom. The quantitative estimate of drug-likeness (QED) is 0.353. The molecule has 0 saturated heterocycles. The molecule has 0 heterocycles. The molecule has 0 spiro atoms. The molecule has 1 rings (SSSR count). The van der Waals surface area contributed by atoms with Gasteiger partial charge >= 0.3 is 0 Å². The highest BCUT2D eigenvalue weighted by molar-refractivity contribution is 5.79. The van der Waals surface area contributed by atoms with E-state index in [0.29, 0.717) is 19.5 Å². The van der Waals surface area contributed by atoms with E-state index in [9.17, 15) is 4.39 Å². The highest BCUT2D eigenvalue weighted by Crippen LogP contribution is 2.13. The van der Waals surface area contributed by atoms with Gasteiger partial charge < -0.3 is 10.9 Å². The van der Waals surface area contributed by atoms with Gasteiger partial charge in [0.05, 0.1) is 0 Å². The summed E-state index contributed by atoms with van der Waals surface area (Å²) >= 11 is 0. The molecule has 0 fully saturated rings. The normalized spacial score (nSPS) is 12.1. The minimum atomic E-state index is -0.219. The van der Waals surface area contributed by atoms with Crippen LogP contribution in [0.5, 0.6) is 0 Å². The molecule has 1 aromatic rings. The first-order valence-corrected chi connectivity index (χ1v) is 6.00. The molecule has 0 aliphatic carbocycles. The summed E-state index contributed by atoms with van der Waals surface area (Å²) < 4.78 is 13.2.